The fourth-order valence-corrected chi connectivity index (χ4v) is 4.63. The first kappa shape index (κ1) is 30.1. The molecular weight excluding hydrogens is 564 g/mol. The SMILES string of the molecule is COc1ccccc1Oc1c(NS(=O)(=O)c2ccc(C(C)C)cn2)nc(-c2ccnc(C(=O)NCCO)c2)nc1OC. The molecule has 0 aliphatic heterocycles. The van der Waals surface area contributed by atoms with Crippen LogP contribution in [0.1, 0.15) is 35.8 Å². The smallest absolute Gasteiger partial charge is 0.280 e. The molecule has 3 aromatic heterocycles. The molecule has 1 aromatic carbocycles. The molecule has 0 bridgehead atoms. The first-order chi connectivity index (χ1) is 20.2. The zero-order valence-electron chi connectivity index (χ0n) is 23.4. The highest BCUT2D eigenvalue weighted by Crippen LogP contribution is 2.41. The summed E-state index contributed by atoms with van der Waals surface area (Å²) in [5.74, 6) is -0.215. The van der Waals surface area contributed by atoms with Crippen molar-refractivity contribution in [2.75, 3.05) is 32.1 Å². The minimum Gasteiger partial charge on any atom is -0.493 e. The summed E-state index contributed by atoms with van der Waals surface area (Å²) >= 11 is 0. The summed E-state index contributed by atoms with van der Waals surface area (Å²) in [6.45, 7) is 3.75. The van der Waals surface area contributed by atoms with Gasteiger partial charge in [0.25, 0.3) is 21.8 Å². The highest BCUT2D eigenvalue weighted by molar-refractivity contribution is 7.92. The van der Waals surface area contributed by atoms with Crippen LogP contribution in [0.2, 0.25) is 0 Å². The maximum atomic E-state index is 13.5. The van der Waals surface area contributed by atoms with E-state index in [0.717, 1.165) is 5.56 Å². The lowest BCUT2D eigenvalue weighted by molar-refractivity contribution is 0.0940. The molecule has 220 valence electrons. The topological polar surface area (TPSA) is 175 Å². The third kappa shape index (κ3) is 6.90. The Morgan fingerprint density at radius 1 is 1.00 bits per heavy atom. The molecule has 0 spiro atoms. The number of aromatic nitrogens is 4. The largest absolute Gasteiger partial charge is 0.493 e. The number of hydrogen-bond donors (Lipinski definition) is 3. The van der Waals surface area contributed by atoms with E-state index < -0.39 is 15.9 Å². The number of para-hydroxylation sites is 2. The highest BCUT2D eigenvalue weighted by atomic mass is 32.2. The van der Waals surface area contributed by atoms with Gasteiger partial charge in [-0.3, -0.25) is 14.5 Å². The third-order valence-corrected chi connectivity index (χ3v) is 7.14. The van der Waals surface area contributed by atoms with Crippen LogP contribution in [0.15, 0.2) is 66.0 Å². The number of pyridine rings is 2. The molecule has 0 radical (unpaired) electrons. The number of methoxy groups -OCH3 is 2. The fraction of sp³-hybridized carbons (Fsp3) is 0.250. The van der Waals surface area contributed by atoms with Gasteiger partial charge < -0.3 is 24.6 Å². The molecule has 4 rings (SSSR count). The molecule has 0 aliphatic carbocycles. The number of sulfonamides is 1. The van der Waals surface area contributed by atoms with Gasteiger partial charge >= 0.3 is 0 Å². The number of anilines is 1. The number of benzene rings is 1. The Morgan fingerprint density at radius 2 is 1.76 bits per heavy atom. The van der Waals surface area contributed by atoms with Gasteiger partial charge in [-0.15, -0.1) is 0 Å². The van der Waals surface area contributed by atoms with Gasteiger partial charge in [0.1, 0.15) is 5.69 Å². The molecule has 0 aliphatic rings. The number of carbonyl (C=O) groups excluding carboxylic acids is 1. The Hall–Kier alpha value is -4.82. The van der Waals surface area contributed by atoms with E-state index in [-0.39, 0.29) is 58.8 Å². The predicted molar refractivity (Wildman–Crippen MR) is 153 cm³/mol. The minimum atomic E-state index is -4.26. The average molecular weight is 595 g/mol. The van der Waals surface area contributed by atoms with Crippen molar-refractivity contribution in [1.29, 1.82) is 0 Å². The Bertz CT molecular complexity index is 1660. The molecule has 0 fully saturated rings. The quantitative estimate of drug-likeness (QED) is 0.219. The number of amides is 1. The summed E-state index contributed by atoms with van der Waals surface area (Å²) in [7, 11) is -1.46. The zero-order valence-corrected chi connectivity index (χ0v) is 24.2. The predicted octanol–water partition coefficient (Wildman–Crippen LogP) is 3.39. The van der Waals surface area contributed by atoms with Crippen LogP contribution < -0.4 is 24.2 Å². The van der Waals surface area contributed by atoms with E-state index in [1.54, 1.807) is 36.4 Å². The van der Waals surface area contributed by atoms with E-state index in [0.29, 0.717) is 11.3 Å². The van der Waals surface area contributed by atoms with Crippen LogP contribution in [0.4, 0.5) is 5.82 Å². The van der Waals surface area contributed by atoms with E-state index in [2.05, 4.69) is 30.0 Å². The number of nitrogens with zero attached hydrogens (tertiary/aromatic N) is 4. The van der Waals surface area contributed by atoms with Crippen molar-refractivity contribution in [2.45, 2.75) is 24.8 Å². The van der Waals surface area contributed by atoms with Gasteiger partial charge in [-0.1, -0.05) is 32.0 Å². The number of ether oxygens (including phenoxy) is 3. The summed E-state index contributed by atoms with van der Waals surface area (Å²) in [4.78, 5) is 29.5. The van der Waals surface area contributed by atoms with E-state index >= 15 is 0 Å². The standard InChI is InChI=1S/C28H30N6O7S/c1-17(2)19-9-10-23(31-16-19)42(37,38)34-26-24(41-22-8-6-5-7-21(22)39-3)28(40-4)33-25(32-26)18-11-12-29-20(15-18)27(36)30-13-14-35/h5-12,15-17,35H,13-14H2,1-4H3,(H,30,36)(H,32,33,34). The molecule has 0 saturated heterocycles. The average Bonchev–Trinajstić information content (AvgIpc) is 3.00. The monoisotopic (exact) mass is 594 g/mol. The van der Waals surface area contributed by atoms with Crippen LogP contribution in [0, 0.1) is 0 Å². The van der Waals surface area contributed by atoms with Gasteiger partial charge in [-0.05, 0) is 41.8 Å². The molecule has 14 heteroatoms. The maximum Gasteiger partial charge on any atom is 0.280 e. The van der Waals surface area contributed by atoms with E-state index in [4.69, 9.17) is 19.3 Å². The number of rotatable bonds is 12. The van der Waals surface area contributed by atoms with E-state index in [9.17, 15) is 13.2 Å². The molecule has 3 heterocycles. The second-order valence-corrected chi connectivity index (χ2v) is 10.7. The Morgan fingerprint density at radius 3 is 2.40 bits per heavy atom. The van der Waals surface area contributed by atoms with Crippen LogP contribution in [-0.4, -0.2) is 66.7 Å². The van der Waals surface area contributed by atoms with Crippen molar-refractivity contribution >= 4 is 21.7 Å². The number of aliphatic hydroxyl groups excluding tert-OH is 1. The summed E-state index contributed by atoms with van der Waals surface area (Å²) in [6.07, 6.45) is 2.88. The summed E-state index contributed by atoms with van der Waals surface area (Å²) in [5, 5.41) is 11.3. The van der Waals surface area contributed by atoms with Crippen LogP contribution >= 0.6 is 0 Å². The first-order valence-corrected chi connectivity index (χ1v) is 14.3. The minimum absolute atomic E-state index is 0.0126. The lowest BCUT2D eigenvalue weighted by atomic mass is 10.1. The summed E-state index contributed by atoms with van der Waals surface area (Å²) in [5.41, 5.74) is 1.24. The maximum absolute atomic E-state index is 13.5. The molecule has 42 heavy (non-hydrogen) atoms. The van der Waals surface area contributed by atoms with Crippen LogP contribution in [0.5, 0.6) is 23.1 Å². The zero-order chi connectivity index (χ0) is 30.3. The van der Waals surface area contributed by atoms with Crippen molar-refractivity contribution < 1.29 is 32.5 Å². The van der Waals surface area contributed by atoms with Crippen LogP contribution in [0.3, 0.4) is 0 Å². The Kier molecular flexibility index (Phi) is 9.49. The highest BCUT2D eigenvalue weighted by Gasteiger charge is 2.26. The van der Waals surface area contributed by atoms with Gasteiger partial charge in [0.2, 0.25) is 5.75 Å². The normalized spacial score (nSPS) is 11.2. The lowest BCUT2D eigenvalue weighted by Crippen LogP contribution is -2.27. The van der Waals surface area contributed by atoms with Crippen LogP contribution in [-0.2, 0) is 10.0 Å². The van der Waals surface area contributed by atoms with Gasteiger partial charge in [-0.25, -0.2) is 9.97 Å². The summed E-state index contributed by atoms with van der Waals surface area (Å²) in [6, 6.07) is 12.8. The van der Waals surface area contributed by atoms with E-state index in [1.165, 1.54) is 38.7 Å². The molecule has 13 nitrogen and oxygen atoms in total. The Balaban J connectivity index is 1.83. The van der Waals surface area contributed by atoms with E-state index in [1.807, 2.05) is 13.8 Å². The van der Waals surface area contributed by atoms with Gasteiger partial charge in [0, 0.05) is 24.5 Å². The van der Waals surface area contributed by atoms with Crippen molar-refractivity contribution in [2.24, 2.45) is 0 Å². The second-order valence-electron chi connectivity index (χ2n) is 9.09. The number of hydrogen-bond acceptors (Lipinski definition) is 11. The molecule has 4 aromatic rings. The number of nitrogens with one attached hydrogen (secondary N) is 2. The van der Waals surface area contributed by atoms with Crippen LogP contribution in [0.25, 0.3) is 11.4 Å². The Labute approximate surface area is 243 Å². The fourth-order valence-electron chi connectivity index (χ4n) is 3.70. The molecule has 3 N–H and O–H groups in total. The molecular formula is C28H30N6O7S. The summed E-state index contributed by atoms with van der Waals surface area (Å²) < 4.78 is 46.3. The van der Waals surface area contributed by atoms with Gasteiger partial charge in [-0.2, -0.15) is 13.4 Å². The molecule has 0 unspecified atom stereocenters. The first-order valence-electron chi connectivity index (χ1n) is 12.8. The third-order valence-electron chi connectivity index (χ3n) is 5.89. The van der Waals surface area contributed by atoms with Crippen molar-refractivity contribution in [3.8, 4) is 34.5 Å². The molecule has 1 amide bonds. The number of aliphatic hydroxyl groups is 1. The molecule has 0 atom stereocenters. The molecule has 0 saturated carbocycles. The van der Waals surface area contributed by atoms with Crippen molar-refractivity contribution in [3.05, 3.63) is 72.2 Å². The second kappa shape index (κ2) is 13.2. The lowest BCUT2D eigenvalue weighted by Gasteiger charge is -2.17. The number of carbonyl (C=O) groups is 1. The van der Waals surface area contributed by atoms with Gasteiger partial charge in [0.15, 0.2) is 28.2 Å². The van der Waals surface area contributed by atoms with Gasteiger partial charge in [0.05, 0.1) is 20.8 Å². The van der Waals surface area contributed by atoms with Crippen molar-refractivity contribution in [3.63, 3.8) is 0 Å². The van der Waals surface area contributed by atoms with Crippen molar-refractivity contribution in [1.82, 2.24) is 25.3 Å².